The molecule has 9 heteroatoms. The minimum atomic E-state index is -3.77. The molecule has 8 nitrogen and oxygen atoms in total. The Kier molecular flexibility index (Phi) is 7.16. The van der Waals surface area contributed by atoms with Crippen LogP contribution in [0.4, 0.5) is 5.69 Å². The van der Waals surface area contributed by atoms with Crippen LogP contribution in [0.25, 0.3) is 5.82 Å². The standard InChI is InChI=1S/C23H30N6O2S/c1-18(13-19-7-3-2-4-8-19)25-14-20-9-5-6-10-22(20)28-32(30,31)21-11-12-23(26-15-21)29-17-24-16-27-29/h5-6,9-12,15-19,25,28H,2-4,7-8,13-14H2,1H3. The molecule has 3 aromatic rings. The smallest absolute Gasteiger partial charge is 0.263 e. The van der Waals surface area contributed by atoms with E-state index in [0.29, 0.717) is 24.1 Å². The lowest BCUT2D eigenvalue weighted by Crippen LogP contribution is -2.29. The SMILES string of the molecule is CC(CC1CCCCC1)NCc1ccccc1NS(=O)(=O)c1ccc(-n2cncn2)nc1. The molecule has 0 saturated heterocycles. The van der Waals surface area contributed by atoms with E-state index < -0.39 is 10.0 Å². The molecule has 1 atom stereocenters. The fourth-order valence-electron chi connectivity index (χ4n) is 4.26. The monoisotopic (exact) mass is 454 g/mol. The van der Waals surface area contributed by atoms with Gasteiger partial charge in [-0.1, -0.05) is 50.3 Å². The summed E-state index contributed by atoms with van der Waals surface area (Å²) < 4.78 is 30.1. The van der Waals surface area contributed by atoms with Crippen LogP contribution >= 0.6 is 0 Å². The molecule has 1 aliphatic rings. The Morgan fingerprint density at radius 3 is 2.66 bits per heavy atom. The van der Waals surface area contributed by atoms with Crippen LogP contribution in [-0.4, -0.2) is 34.2 Å². The van der Waals surface area contributed by atoms with Gasteiger partial charge in [0.1, 0.15) is 17.6 Å². The van der Waals surface area contributed by atoms with Gasteiger partial charge in [-0.3, -0.25) is 4.72 Å². The van der Waals surface area contributed by atoms with Crippen LogP contribution in [0.2, 0.25) is 0 Å². The van der Waals surface area contributed by atoms with Gasteiger partial charge in [0, 0.05) is 18.8 Å². The molecule has 0 aliphatic heterocycles. The van der Waals surface area contributed by atoms with E-state index in [0.717, 1.165) is 17.9 Å². The molecule has 1 unspecified atom stereocenters. The number of anilines is 1. The van der Waals surface area contributed by atoms with Gasteiger partial charge in [0.15, 0.2) is 5.82 Å². The lowest BCUT2D eigenvalue weighted by Gasteiger charge is -2.25. The minimum absolute atomic E-state index is 0.0924. The molecule has 0 spiro atoms. The molecular weight excluding hydrogens is 424 g/mol. The molecule has 0 bridgehead atoms. The Bertz CT molecular complexity index is 1090. The summed E-state index contributed by atoms with van der Waals surface area (Å²) in [6.45, 7) is 2.82. The van der Waals surface area contributed by atoms with Crippen LogP contribution in [0.3, 0.4) is 0 Å². The van der Waals surface area contributed by atoms with Gasteiger partial charge in [-0.25, -0.2) is 23.1 Å². The zero-order valence-corrected chi connectivity index (χ0v) is 19.1. The second-order valence-corrected chi connectivity index (χ2v) is 10.2. The van der Waals surface area contributed by atoms with Crippen molar-refractivity contribution in [3.8, 4) is 5.82 Å². The first kappa shape index (κ1) is 22.4. The van der Waals surface area contributed by atoms with E-state index in [-0.39, 0.29) is 4.90 Å². The van der Waals surface area contributed by atoms with Crippen LogP contribution in [0, 0.1) is 5.92 Å². The molecule has 4 rings (SSSR count). The number of aromatic nitrogens is 4. The molecule has 170 valence electrons. The zero-order chi connectivity index (χ0) is 22.4. The summed E-state index contributed by atoms with van der Waals surface area (Å²) in [6, 6.07) is 11.0. The molecule has 1 aromatic carbocycles. The Morgan fingerprint density at radius 2 is 1.94 bits per heavy atom. The highest BCUT2D eigenvalue weighted by Crippen LogP contribution is 2.27. The maximum absolute atomic E-state index is 12.9. The average molecular weight is 455 g/mol. The molecular formula is C23H30N6O2S. The largest absolute Gasteiger partial charge is 0.310 e. The number of pyridine rings is 1. The van der Waals surface area contributed by atoms with E-state index in [1.807, 2.05) is 18.2 Å². The highest BCUT2D eigenvalue weighted by Gasteiger charge is 2.19. The van der Waals surface area contributed by atoms with Crippen LogP contribution in [-0.2, 0) is 16.6 Å². The lowest BCUT2D eigenvalue weighted by molar-refractivity contribution is 0.305. The molecule has 0 radical (unpaired) electrons. The van der Waals surface area contributed by atoms with Crippen LogP contribution in [0.15, 0.2) is 60.1 Å². The van der Waals surface area contributed by atoms with E-state index in [1.54, 1.807) is 12.1 Å². The molecule has 2 aromatic heterocycles. The van der Waals surface area contributed by atoms with E-state index in [2.05, 4.69) is 32.0 Å². The van der Waals surface area contributed by atoms with Gasteiger partial charge in [0.2, 0.25) is 0 Å². The maximum Gasteiger partial charge on any atom is 0.263 e. The van der Waals surface area contributed by atoms with Gasteiger partial charge >= 0.3 is 0 Å². The summed E-state index contributed by atoms with van der Waals surface area (Å²) in [6.07, 6.45) is 12.1. The topological polar surface area (TPSA) is 102 Å². The summed E-state index contributed by atoms with van der Waals surface area (Å²) in [5, 5.41) is 7.57. The number of para-hydroxylation sites is 1. The minimum Gasteiger partial charge on any atom is -0.310 e. The fourth-order valence-corrected chi connectivity index (χ4v) is 5.31. The highest BCUT2D eigenvalue weighted by molar-refractivity contribution is 7.92. The first-order valence-electron chi connectivity index (χ1n) is 11.2. The second-order valence-electron chi connectivity index (χ2n) is 8.48. The molecule has 1 aliphatic carbocycles. The Balaban J connectivity index is 1.40. The first-order valence-corrected chi connectivity index (χ1v) is 12.6. The maximum atomic E-state index is 12.9. The zero-order valence-electron chi connectivity index (χ0n) is 18.3. The van der Waals surface area contributed by atoms with Crippen molar-refractivity contribution in [1.82, 2.24) is 25.1 Å². The van der Waals surface area contributed by atoms with E-state index in [9.17, 15) is 8.42 Å². The van der Waals surface area contributed by atoms with Gasteiger partial charge in [-0.15, -0.1) is 0 Å². The molecule has 2 N–H and O–H groups in total. The van der Waals surface area contributed by atoms with Crippen molar-refractivity contribution < 1.29 is 8.42 Å². The van der Waals surface area contributed by atoms with Crippen molar-refractivity contribution in [3.05, 3.63) is 60.8 Å². The first-order chi connectivity index (χ1) is 15.5. The second kappa shape index (κ2) is 10.2. The summed E-state index contributed by atoms with van der Waals surface area (Å²) in [4.78, 5) is 8.16. The Hall–Kier alpha value is -2.78. The van der Waals surface area contributed by atoms with Crippen LogP contribution in [0.5, 0.6) is 0 Å². The van der Waals surface area contributed by atoms with Gasteiger partial charge in [-0.05, 0) is 43.0 Å². The number of rotatable bonds is 9. The van der Waals surface area contributed by atoms with Gasteiger partial charge in [0.25, 0.3) is 10.0 Å². The fraction of sp³-hybridized carbons (Fsp3) is 0.435. The van der Waals surface area contributed by atoms with Crippen molar-refractivity contribution >= 4 is 15.7 Å². The predicted molar refractivity (Wildman–Crippen MR) is 124 cm³/mol. The third-order valence-corrected chi connectivity index (χ3v) is 7.35. The summed E-state index contributed by atoms with van der Waals surface area (Å²) in [5.74, 6) is 1.30. The number of benzene rings is 1. The van der Waals surface area contributed by atoms with Crippen molar-refractivity contribution in [1.29, 1.82) is 0 Å². The van der Waals surface area contributed by atoms with E-state index >= 15 is 0 Å². The van der Waals surface area contributed by atoms with Crippen molar-refractivity contribution in [3.63, 3.8) is 0 Å². The molecule has 2 heterocycles. The number of nitrogens with zero attached hydrogens (tertiary/aromatic N) is 4. The Morgan fingerprint density at radius 1 is 1.12 bits per heavy atom. The van der Waals surface area contributed by atoms with Crippen molar-refractivity contribution in [2.24, 2.45) is 5.92 Å². The van der Waals surface area contributed by atoms with Gasteiger partial charge in [0.05, 0.1) is 5.69 Å². The lowest BCUT2D eigenvalue weighted by atomic mass is 9.85. The Labute approximate surface area is 189 Å². The van der Waals surface area contributed by atoms with Crippen LogP contribution in [0.1, 0.15) is 51.0 Å². The third-order valence-electron chi connectivity index (χ3n) is 6.00. The predicted octanol–water partition coefficient (Wildman–Crippen LogP) is 3.91. The van der Waals surface area contributed by atoms with E-state index in [1.165, 1.54) is 61.7 Å². The number of sulfonamides is 1. The molecule has 32 heavy (non-hydrogen) atoms. The third kappa shape index (κ3) is 5.72. The van der Waals surface area contributed by atoms with Crippen LogP contribution < -0.4 is 10.0 Å². The quantitative estimate of drug-likeness (QED) is 0.508. The summed E-state index contributed by atoms with van der Waals surface area (Å²) in [5.41, 5.74) is 1.49. The number of nitrogens with one attached hydrogen (secondary N) is 2. The van der Waals surface area contributed by atoms with Crippen molar-refractivity contribution in [2.45, 2.75) is 62.9 Å². The summed E-state index contributed by atoms with van der Waals surface area (Å²) in [7, 11) is -3.77. The highest BCUT2D eigenvalue weighted by atomic mass is 32.2. The van der Waals surface area contributed by atoms with Crippen molar-refractivity contribution in [2.75, 3.05) is 4.72 Å². The average Bonchev–Trinajstić information content (AvgIpc) is 3.34. The number of hydrogen-bond donors (Lipinski definition) is 2. The molecule has 1 saturated carbocycles. The van der Waals surface area contributed by atoms with Gasteiger partial charge in [-0.2, -0.15) is 5.10 Å². The number of hydrogen-bond acceptors (Lipinski definition) is 6. The molecule has 1 fully saturated rings. The van der Waals surface area contributed by atoms with Gasteiger partial charge < -0.3 is 5.32 Å². The van der Waals surface area contributed by atoms with E-state index in [4.69, 9.17) is 0 Å². The summed E-state index contributed by atoms with van der Waals surface area (Å²) >= 11 is 0. The normalized spacial score (nSPS) is 16.0. The molecule has 0 amide bonds.